The third-order valence-corrected chi connectivity index (χ3v) is 2.89. The first-order valence-corrected chi connectivity index (χ1v) is 5.81. The number of aliphatic hydroxyl groups excluding tert-OH is 3. The Hall–Kier alpha value is -1.96. The van der Waals surface area contributed by atoms with E-state index in [1.807, 2.05) is 0 Å². The van der Waals surface area contributed by atoms with Gasteiger partial charge in [0, 0.05) is 0 Å². The molecule has 110 valence electrons. The normalized spacial score (nSPS) is 11.2. The fourth-order valence-corrected chi connectivity index (χ4v) is 1.43. The lowest BCUT2D eigenvalue weighted by molar-refractivity contribution is -0.0442. The highest BCUT2D eigenvalue weighted by Crippen LogP contribution is 2.17. The minimum atomic E-state index is -1.35. The number of carbonyl (C=O) groups is 2. The van der Waals surface area contributed by atoms with Gasteiger partial charge in [-0.05, 0) is 12.1 Å². The summed E-state index contributed by atoms with van der Waals surface area (Å²) in [5.74, 6) is -2.17. The van der Waals surface area contributed by atoms with Crippen LogP contribution in [0.15, 0.2) is 24.3 Å². The summed E-state index contributed by atoms with van der Waals surface area (Å²) in [5, 5.41) is 36.2. The van der Waals surface area contributed by atoms with Crippen LogP contribution < -0.4 is 0 Å². The SMILES string of the molecule is O=C(O)c1ccccc1C(=O)OCC(CO)(CO)CO. The molecule has 1 aromatic rings. The molecule has 0 aliphatic rings. The first-order valence-electron chi connectivity index (χ1n) is 5.81. The number of carboxylic acids is 1. The summed E-state index contributed by atoms with van der Waals surface area (Å²) in [6, 6.07) is 5.51. The highest BCUT2D eigenvalue weighted by Gasteiger charge is 2.30. The monoisotopic (exact) mass is 284 g/mol. The van der Waals surface area contributed by atoms with E-state index >= 15 is 0 Å². The quantitative estimate of drug-likeness (QED) is 0.498. The lowest BCUT2D eigenvalue weighted by atomic mass is 9.92. The minimum absolute atomic E-state index is 0.136. The number of ether oxygens (including phenoxy) is 1. The molecule has 4 N–H and O–H groups in total. The van der Waals surface area contributed by atoms with Crippen molar-refractivity contribution in [3.63, 3.8) is 0 Å². The fraction of sp³-hybridized carbons (Fsp3) is 0.385. The van der Waals surface area contributed by atoms with E-state index in [-0.39, 0.29) is 11.1 Å². The summed E-state index contributed by atoms with van der Waals surface area (Å²) in [5.41, 5.74) is -1.70. The number of aliphatic hydroxyl groups is 3. The van der Waals surface area contributed by atoms with E-state index in [2.05, 4.69) is 0 Å². The van der Waals surface area contributed by atoms with Gasteiger partial charge in [-0.25, -0.2) is 9.59 Å². The standard InChI is InChI=1S/C13H16O7/c14-5-13(6-15,7-16)8-20-12(19)10-4-2-1-3-9(10)11(17)18/h1-4,14-16H,5-8H2,(H,17,18). The van der Waals surface area contributed by atoms with Crippen molar-refractivity contribution in [2.24, 2.45) is 5.41 Å². The van der Waals surface area contributed by atoms with Crippen LogP contribution >= 0.6 is 0 Å². The van der Waals surface area contributed by atoms with Gasteiger partial charge in [-0.15, -0.1) is 0 Å². The summed E-state index contributed by atoms with van der Waals surface area (Å²) in [4.78, 5) is 22.8. The van der Waals surface area contributed by atoms with Crippen LogP contribution in [-0.4, -0.2) is 58.8 Å². The van der Waals surface area contributed by atoms with Gasteiger partial charge in [0.25, 0.3) is 0 Å². The predicted molar refractivity (Wildman–Crippen MR) is 67.4 cm³/mol. The molecule has 0 radical (unpaired) electrons. The summed E-state index contributed by atoms with van der Waals surface area (Å²) in [7, 11) is 0. The average molecular weight is 284 g/mol. The summed E-state index contributed by atoms with van der Waals surface area (Å²) in [6.07, 6.45) is 0. The van der Waals surface area contributed by atoms with E-state index in [9.17, 15) is 9.59 Å². The van der Waals surface area contributed by atoms with Gasteiger partial charge in [-0.1, -0.05) is 12.1 Å². The molecular weight excluding hydrogens is 268 g/mol. The van der Waals surface area contributed by atoms with Crippen LogP contribution in [0, 0.1) is 5.41 Å². The average Bonchev–Trinajstić information content (AvgIpc) is 2.49. The van der Waals surface area contributed by atoms with Crippen molar-refractivity contribution < 1.29 is 34.8 Å². The van der Waals surface area contributed by atoms with Gasteiger partial charge in [0.05, 0.1) is 36.4 Å². The van der Waals surface area contributed by atoms with Gasteiger partial charge < -0.3 is 25.2 Å². The maximum Gasteiger partial charge on any atom is 0.339 e. The highest BCUT2D eigenvalue weighted by atomic mass is 16.5. The molecule has 0 heterocycles. The maximum atomic E-state index is 11.8. The molecule has 0 saturated heterocycles. The molecule has 0 aliphatic carbocycles. The van der Waals surface area contributed by atoms with Gasteiger partial charge in [0.1, 0.15) is 6.61 Å². The number of aromatic carboxylic acids is 1. The first-order chi connectivity index (χ1) is 9.49. The first kappa shape index (κ1) is 16.1. The molecule has 20 heavy (non-hydrogen) atoms. The van der Waals surface area contributed by atoms with Gasteiger partial charge in [-0.3, -0.25) is 0 Å². The summed E-state index contributed by atoms with van der Waals surface area (Å²) >= 11 is 0. The molecule has 0 atom stereocenters. The number of benzene rings is 1. The van der Waals surface area contributed by atoms with Crippen molar-refractivity contribution in [3.05, 3.63) is 35.4 Å². The van der Waals surface area contributed by atoms with Crippen molar-refractivity contribution >= 4 is 11.9 Å². The van der Waals surface area contributed by atoms with Crippen LogP contribution in [0.25, 0.3) is 0 Å². The maximum absolute atomic E-state index is 11.8. The Balaban J connectivity index is 2.85. The van der Waals surface area contributed by atoms with Gasteiger partial charge in [0.2, 0.25) is 0 Å². The van der Waals surface area contributed by atoms with Gasteiger partial charge >= 0.3 is 11.9 Å². The molecule has 0 aromatic heterocycles. The van der Waals surface area contributed by atoms with Crippen LogP contribution in [0.4, 0.5) is 0 Å². The van der Waals surface area contributed by atoms with E-state index in [0.717, 1.165) is 0 Å². The number of carboxylic acid groups (broad SMARTS) is 1. The van der Waals surface area contributed by atoms with Gasteiger partial charge in [0.15, 0.2) is 0 Å². The Morgan fingerprint density at radius 2 is 1.50 bits per heavy atom. The molecular formula is C13H16O7. The van der Waals surface area contributed by atoms with Crippen molar-refractivity contribution in [2.75, 3.05) is 26.4 Å². The predicted octanol–water partition coefficient (Wildman–Crippen LogP) is -0.495. The molecule has 0 amide bonds. The molecule has 1 aromatic carbocycles. The van der Waals surface area contributed by atoms with Crippen LogP contribution in [0.5, 0.6) is 0 Å². The molecule has 7 heteroatoms. The van der Waals surface area contributed by atoms with Crippen molar-refractivity contribution in [1.82, 2.24) is 0 Å². The molecule has 0 unspecified atom stereocenters. The van der Waals surface area contributed by atoms with E-state index in [0.29, 0.717) is 0 Å². The molecule has 7 nitrogen and oxygen atoms in total. The summed E-state index contributed by atoms with van der Waals surface area (Å²) < 4.78 is 4.87. The zero-order valence-corrected chi connectivity index (χ0v) is 10.7. The third kappa shape index (κ3) is 3.53. The molecule has 0 aliphatic heterocycles. The molecule has 0 fully saturated rings. The second-order valence-corrected chi connectivity index (χ2v) is 4.40. The van der Waals surface area contributed by atoms with E-state index < -0.39 is 43.8 Å². The smallest absolute Gasteiger partial charge is 0.339 e. The molecule has 0 spiro atoms. The second kappa shape index (κ2) is 6.99. The second-order valence-electron chi connectivity index (χ2n) is 4.40. The van der Waals surface area contributed by atoms with Crippen LogP contribution in [-0.2, 0) is 4.74 Å². The van der Waals surface area contributed by atoms with Gasteiger partial charge in [-0.2, -0.15) is 0 Å². The number of carbonyl (C=O) groups excluding carboxylic acids is 1. The number of rotatable bonds is 7. The van der Waals surface area contributed by atoms with Crippen LogP contribution in [0.3, 0.4) is 0 Å². The Morgan fingerprint density at radius 3 is 1.95 bits per heavy atom. The Labute approximate surface area is 115 Å². The van der Waals surface area contributed by atoms with Crippen molar-refractivity contribution in [3.8, 4) is 0 Å². The number of esters is 1. The van der Waals surface area contributed by atoms with Crippen molar-refractivity contribution in [1.29, 1.82) is 0 Å². The minimum Gasteiger partial charge on any atom is -0.478 e. The molecule has 1 rings (SSSR count). The number of hydrogen-bond donors (Lipinski definition) is 4. The highest BCUT2D eigenvalue weighted by molar-refractivity contribution is 6.02. The van der Waals surface area contributed by atoms with Crippen molar-refractivity contribution in [2.45, 2.75) is 0 Å². The molecule has 0 bridgehead atoms. The third-order valence-electron chi connectivity index (χ3n) is 2.89. The topological polar surface area (TPSA) is 124 Å². The Kier molecular flexibility index (Phi) is 5.63. The zero-order chi connectivity index (χ0) is 15.2. The van der Waals surface area contributed by atoms with E-state index in [1.165, 1.54) is 24.3 Å². The number of hydrogen-bond acceptors (Lipinski definition) is 6. The zero-order valence-electron chi connectivity index (χ0n) is 10.7. The lowest BCUT2D eigenvalue weighted by Gasteiger charge is -2.26. The summed E-state index contributed by atoms with van der Waals surface area (Å²) in [6.45, 7) is -2.15. The van der Waals surface area contributed by atoms with Crippen LogP contribution in [0.1, 0.15) is 20.7 Å². The fourth-order valence-electron chi connectivity index (χ4n) is 1.43. The Bertz CT molecular complexity index is 471. The van der Waals surface area contributed by atoms with E-state index in [4.69, 9.17) is 25.2 Å². The Morgan fingerprint density at radius 1 is 1.00 bits per heavy atom. The van der Waals surface area contributed by atoms with E-state index in [1.54, 1.807) is 0 Å². The molecule has 0 saturated carbocycles. The lowest BCUT2D eigenvalue weighted by Crippen LogP contribution is -2.39. The largest absolute Gasteiger partial charge is 0.478 e. The van der Waals surface area contributed by atoms with Crippen LogP contribution in [0.2, 0.25) is 0 Å².